The van der Waals surface area contributed by atoms with Gasteiger partial charge in [-0.1, -0.05) is 0 Å². The second-order valence-corrected chi connectivity index (χ2v) is 7.13. The van der Waals surface area contributed by atoms with Crippen LogP contribution >= 0.6 is 0 Å². The summed E-state index contributed by atoms with van der Waals surface area (Å²) >= 11 is 0. The molecule has 6 heteroatoms. The van der Waals surface area contributed by atoms with Gasteiger partial charge in [0.05, 0.1) is 16.5 Å². The summed E-state index contributed by atoms with van der Waals surface area (Å²) in [5.74, 6) is -0.325. The van der Waals surface area contributed by atoms with Crippen molar-refractivity contribution in [1.29, 1.82) is 0 Å². The molecule has 1 aliphatic rings. The van der Waals surface area contributed by atoms with Crippen molar-refractivity contribution in [2.24, 2.45) is 0 Å². The molecule has 1 aromatic heterocycles. The van der Waals surface area contributed by atoms with Gasteiger partial charge < -0.3 is 4.90 Å². The molecule has 98 valence electrons. The highest BCUT2D eigenvalue weighted by molar-refractivity contribution is 7.86. The van der Waals surface area contributed by atoms with E-state index in [1.807, 2.05) is 13.8 Å². The molecule has 0 N–H and O–H groups in total. The molecule has 2 rings (SSSR count). The Morgan fingerprint density at radius 1 is 1.50 bits per heavy atom. The zero-order valence-electron chi connectivity index (χ0n) is 10.4. The number of hydrogen-bond acceptors (Lipinski definition) is 3. The third-order valence-corrected chi connectivity index (χ3v) is 4.89. The van der Waals surface area contributed by atoms with E-state index in [0.29, 0.717) is 18.8 Å². The third-order valence-electron chi connectivity index (χ3n) is 2.97. The van der Waals surface area contributed by atoms with Crippen LogP contribution in [0.5, 0.6) is 0 Å². The van der Waals surface area contributed by atoms with E-state index in [1.165, 1.54) is 12.3 Å². The summed E-state index contributed by atoms with van der Waals surface area (Å²) in [6.45, 7) is 4.58. The van der Waals surface area contributed by atoms with E-state index in [0.717, 1.165) is 6.20 Å². The smallest absolute Gasteiger partial charge is 0.255 e. The van der Waals surface area contributed by atoms with Gasteiger partial charge in [0.15, 0.2) is 0 Å². The van der Waals surface area contributed by atoms with Crippen LogP contribution in [0.2, 0.25) is 0 Å². The molecule has 0 aromatic carbocycles. The number of carbonyl (C=O) groups is 1. The van der Waals surface area contributed by atoms with Crippen LogP contribution < -0.4 is 0 Å². The first kappa shape index (κ1) is 13.1. The Labute approximate surface area is 108 Å². The van der Waals surface area contributed by atoms with Crippen LogP contribution in [0.1, 0.15) is 24.2 Å². The normalized spacial score (nSPS) is 22.8. The number of carbonyl (C=O) groups excluding carboxylic acids is 1. The highest BCUT2D eigenvalue weighted by Crippen LogP contribution is 2.21. The van der Waals surface area contributed by atoms with Gasteiger partial charge >= 0.3 is 0 Å². The third kappa shape index (κ3) is 2.58. The minimum absolute atomic E-state index is 0.235. The molecule has 0 saturated carbocycles. The Morgan fingerprint density at radius 3 is 2.83 bits per heavy atom. The van der Waals surface area contributed by atoms with Crippen LogP contribution in [0.4, 0.5) is 4.39 Å². The number of aromatic nitrogens is 1. The molecule has 1 aliphatic heterocycles. The largest absolute Gasteiger partial charge is 0.336 e. The van der Waals surface area contributed by atoms with Crippen molar-refractivity contribution in [3.8, 4) is 0 Å². The summed E-state index contributed by atoms with van der Waals surface area (Å²) in [5.41, 5.74) is 0.235. The van der Waals surface area contributed by atoms with Gasteiger partial charge in [0.1, 0.15) is 5.82 Å². The maximum absolute atomic E-state index is 13.0. The van der Waals surface area contributed by atoms with Gasteiger partial charge in [0.2, 0.25) is 0 Å². The first-order chi connectivity index (χ1) is 8.40. The lowest BCUT2D eigenvalue weighted by Gasteiger charge is -2.37. The molecule has 1 aromatic rings. The summed E-state index contributed by atoms with van der Waals surface area (Å²) in [4.78, 5) is 17.4. The van der Waals surface area contributed by atoms with Crippen molar-refractivity contribution in [3.63, 3.8) is 0 Å². The van der Waals surface area contributed by atoms with Gasteiger partial charge in [-0.3, -0.25) is 14.0 Å². The van der Waals surface area contributed by atoms with Gasteiger partial charge in [-0.15, -0.1) is 0 Å². The summed E-state index contributed by atoms with van der Waals surface area (Å²) in [7, 11) is -0.932. The van der Waals surface area contributed by atoms with Gasteiger partial charge in [0.25, 0.3) is 5.91 Å². The van der Waals surface area contributed by atoms with E-state index < -0.39 is 21.4 Å². The fourth-order valence-electron chi connectivity index (χ4n) is 1.96. The molecule has 1 amide bonds. The van der Waals surface area contributed by atoms with Crippen LogP contribution in [0, 0.1) is 5.82 Å². The SMILES string of the molecule is CC1(C)CN(C(=O)c2cncc(F)c2)CCS1=O. The molecule has 1 saturated heterocycles. The van der Waals surface area contributed by atoms with E-state index in [-0.39, 0.29) is 11.5 Å². The molecule has 1 unspecified atom stereocenters. The lowest BCUT2D eigenvalue weighted by atomic mass is 10.1. The van der Waals surface area contributed by atoms with Crippen molar-refractivity contribution in [2.45, 2.75) is 18.6 Å². The van der Waals surface area contributed by atoms with Gasteiger partial charge in [-0.2, -0.15) is 0 Å². The first-order valence-corrected chi connectivity index (χ1v) is 7.00. The number of halogens is 1. The maximum Gasteiger partial charge on any atom is 0.255 e. The first-order valence-electron chi connectivity index (χ1n) is 5.68. The molecular weight excluding hydrogens is 255 g/mol. The second kappa shape index (κ2) is 4.76. The molecule has 0 bridgehead atoms. The van der Waals surface area contributed by atoms with Gasteiger partial charge in [0, 0.05) is 35.8 Å². The van der Waals surface area contributed by atoms with Crippen LogP contribution in [0.25, 0.3) is 0 Å². The molecule has 1 atom stereocenters. The monoisotopic (exact) mass is 270 g/mol. The van der Waals surface area contributed by atoms with Gasteiger partial charge in [-0.25, -0.2) is 4.39 Å². The lowest BCUT2D eigenvalue weighted by molar-refractivity contribution is 0.0745. The molecule has 0 spiro atoms. The molecule has 18 heavy (non-hydrogen) atoms. The molecule has 2 heterocycles. The Balaban J connectivity index is 2.18. The van der Waals surface area contributed by atoms with E-state index in [2.05, 4.69) is 4.98 Å². The lowest BCUT2D eigenvalue weighted by Crippen LogP contribution is -2.52. The number of nitrogens with zero attached hydrogens (tertiary/aromatic N) is 2. The predicted molar refractivity (Wildman–Crippen MR) is 67.2 cm³/mol. The molecule has 0 radical (unpaired) electrons. The van der Waals surface area contributed by atoms with Crippen LogP contribution in [-0.2, 0) is 10.8 Å². The van der Waals surface area contributed by atoms with E-state index in [1.54, 1.807) is 4.90 Å². The zero-order chi connectivity index (χ0) is 13.3. The Kier molecular flexibility index (Phi) is 3.47. The van der Waals surface area contributed by atoms with Crippen molar-refractivity contribution < 1.29 is 13.4 Å². The Hall–Kier alpha value is -1.30. The summed E-state index contributed by atoms with van der Waals surface area (Å²) in [6, 6.07) is 1.17. The van der Waals surface area contributed by atoms with Crippen LogP contribution in [0.15, 0.2) is 18.5 Å². The number of amides is 1. The Morgan fingerprint density at radius 2 is 2.22 bits per heavy atom. The van der Waals surface area contributed by atoms with Crippen molar-refractivity contribution in [2.75, 3.05) is 18.8 Å². The average Bonchev–Trinajstić information content (AvgIpc) is 2.31. The molecule has 0 aliphatic carbocycles. The number of rotatable bonds is 1. The second-order valence-electron chi connectivity index (χ2n) is 4.93. The van der Waals surface area contributed by atoms with Crippen molar-refractivity contribution in [3.05, 3.63) is 29.8 Å². The van der Waals surface area contributed by atoms with Crippen LogP contribution in [-0.4, -0.2) is 43.6 Å². The average molecular weight is 270 g/mol. The molecular formula is C12H15FN2O2S. The summed E-state index contributed by atoms with van der Waals surface area (Å²) < 4.78 is 24.4. The predicted octanol–water partition coefficient (Wildman–Crippen LogP) is 1.20. The highest BCUT2D eigenvalue weighted by Gasteiger charge is 2.35. The van der Waals surface area contributed by atoms with Crippen LogP contribution in [0.3, 0.4) is 0 Å². The van der Waals surface area contributed by atoms with E-state index in [4.69, 9.17) is 0 Å². The van der Waals surface area contributed by atoms with E-state index in [9.17, 15) is 13.4 Å². The number of pyridine rings is 1. The summed E-state index contributed by atoms with van der Waals surface area (Å²) in [6.07, 6.45) is 2.41. The van der Waals surface area contributed by atoms with Gasteiger partial charge in [-0.05, 0) is 19.9 Å². The van der Waals surface area contributed by atoms with Crippen molar-refractivity contribution in [1.82, 2.24) is 9.88 Å². The van der Waals surface area contributed by atoms with E-state index >= 15 is 0 Å². The quantitative estimate of drug-likeness (QED) is 0.770. The highest BCUT2D eigenvalue weighted by atomic mass is 32.2. The minimum Gasteiger partial charge on any atom is -0.336 e. The minimum atomic E-state index is -0.932. The number of hydrogen-bond donors (Lipinski definition) is 0. The topological polar surface area (TPSA) is 50.3 Å². The zero-order valence-corrected chi connectivity index (χ0v) is 11.2. The molecule has 1 fully saturated rings. The standard InChI is InChI=1S/C12H15FN2O2S/c1-12(2)8-15(3-4-18(12)17)11(16)9-5-10(13)7-14-6-9/h5-7H,3-4,8H2,1-2H3. The fourth-order valence-corrected chi connectivity index (χ4v) is 3.20. The Bertz CT molecular complexity index is 505. The van der Waals surface area contributed by atoms with Crippen molar-refractivity contribution >= 4 is 16.7 Å². The summed E-state index contributed by atoms with van der Waals surface area (Å²) in [5, 5.41) is 0. The maximum atomic E-state index is 13.0. The fraction of sp³-hybridized carbons (Fsp3) is 0.500. The molecule has 4 nitrogen and oxygen atoms in total.